The summed E-state index contributed by atoms with van der Waals surface area (Å²) in [5.41, 5.74) is 3.67. The van der Waals surface area contributed by atoms with Crippen LogP contribution in [0, 0.1) is 6.92 Å². The third-order valence-electron chi connectivity index (χ3n) is 2.64. The zero-order valence-corrected chi connectivity index (χ0v) is 11.0. The van der Waals surface area contributed by atoms with Gasteiger partial charge in [-0.05, 0) is 13.0 Å². The first-order chi connectivity index (χ1) is 8.29. The van der Waals surface area contributed by atoms with E-state index >= 15 is 0 Å². The highest BCUT2D eigenvalue weighted by molar-refractivity contribution is 7.99. The van der Waals surface area contributed by atoms with Gasteiger partial charge in [-0.25, -0.2) is 0 Å². The smallest absolute Gasteiger partial charge is 0.122 e. The maximum Gasteiger partial charge on any atom is 0.122 e. The van der Waals surface area contributed by atoms with E-state index in [1.54, 1.807) is 7.11 Å². The Morgan fingerprint density at radius 3 is 3.00 bits per heavy atom. The van der Waals surface area contributed by atoms with Gasteiger partial charge in [-0.1, -0.05) is 22.9 Å². The van der Waals surface area contributed by atoms with E-state index in [0.29, 0.717) is 0 Å². The molecule has 0 fully saturated rings. The van der Waals surface area contributed by atoms with Crippen LogP contribution in [0.15, 0.2) is 23.4 Å². The number of hydrogen-bond acceptors (Lipinski definition) is 4. The Bertz CT molecular complexity index is 418. The summed E-state index contributed by atoms with van der Waals surface area (Å²) in [5.74, 6) is 2.86. The van der Waals surface area contributed by atoms with Gasteiger partial charge >= 0.3 is 0 Å². The number of thioether (sulfide) groups is 1. The third-order valence-corrected chi connectivity index (χ3v) is 3.69. The molecule has 92 valence electrons. The van der Waals surface area contributed by atoms with Crippen LogP contribution in [0.4, 0.5) is 0 Å². The predicted molar refractivity (Wildman–Crippen MR) is 71.9 cm³/mol. The van der Waals surface area contributed by atoms with Crippen LogP contribution in [0.5, 0.6) is 5.75 Å². The van der Waals surface area contributed by atoms with Crippen molar-refractivity contribution in [1.82, 2.24) is 0 Å². The molecule has 2 rings (SSSR count). The quantitative estimate of drug-likeness (QED) is 0.806. The number of methoxy groups -OCH3 is 1. The van der Waals surface area contributed by atoms with E-state index in [0.717, 1.165) is 36.0 Å². The lowest BCUT2D eigenvalue weighted by atomic mass is 10.1. The van der Waals surface area contributed by atoms with Crippen LogP contribution < -0.4 is 4.74 Å². The second-order valence-electron chi connectivity index (χ2n) is 4.05. The Morgan fingerprint density at radius 2 is 2.29 bits per heavy atom. The van der Waals surface area contributed by atoms with Crippen molar-refractivity contribution in [2.45, 2.75) is 19.1 Å². The fraction of sp³-hybridized carbons (Fsp3) is 0.462. The average molecular weight is 251 g/mol. The van der Waals surface area contributed by atoms with Gasteiger partial charge in [0.05, 0.1) is 12.8 Å². The minimum Gasteiger partial charge on any atom is -0.496 e. The van der Waals surface area contributed by atoms with E-state index in [-0.39, 0.29) is 0 Å². The van der Waals surface area contributed by atoms with Crippen molar-refractivity contribution in [3.05, 3.63) is 29.3 Å². The van der Waals surface area contributed by atoms with E-state index < -0.39 is 0 Å². The van der Waals surface area contributed by atoms with Crippen LogP contribution >= 0.6 is 11.8 Å². The largest absolute Gasteiger partial charge is 0.496 e. The van der Waals surface area contributed by atoms with Gasteiger partial charge in [0.15, 0.2) is 0 Å². The lowest BCUT2D eigenvalue weighted by Gasteiger charge is -2.08. The van der Waals surface area contributed by atoms with Gasteiger partial charge in [0.1, 0.15) is 12.4 Å². The van der Waals surface area contributed by atoms with Crippen molar-refractivity contribution in [2.24, 2.45) is 5.16 Å². The number of oxime groups is 1. The van der Waals surface area contributed by atoms with Crippen LogP contribution in [0.2, 0.25) is 0 Å². The number of nitrogens with zero attached hydrogens (tertiary/aromatic N) is 1. The topological polar surface area (TPSA) is 30.8 Å². The van der Waals surface area contributed by atoms with Crippen molar-refractivity contribution in [2.75, 3.05) is 19.5 Å². The molecule has 0 unspecified atom stereocenters. The number of benzene rings is 1. The van der Waals surface area contributed by atoms with E-state index in [9.17, 15) is 0 Å². The number of rotatable bonds is 5. The Kier molecular flexibility index (Phi) is 4.31. The summed E-state index contributed by atoms with van der Waals surface area (Å²) in [6, 6.07) is 6.28. The molecule has 1 aromatic carbocycles. The van der Waals surface area contributed by atoms with E-state index in [2.05, 4.69) is 24.2 Å². The van der Waals surface area contributed by atoms with Gasteiger partial charge < -0.3 is 9.57 Å². The molecule has 1 heterocycles. The SMILES string of the molecule is COc1ccc(C)cc1CSCC1=NOCC1. The fourth-order valence-corrected chi connectivity index (χ4v) is 2.72. The van der Waals surface area contributed by atoms with Crippen LogP contribution in [0.25, 0.3) is 0 Å². The molecule has 1 aromatic rings. The van der Waals surface area contributed by atoms with Crippen LogP contribution in [-0.2, 0) is 10.6 Å². The zero-order chi connectivity index (χ0) is 12.1. The van der Waals surface area contributed by atoms with Gasteiger partial charge in [-0.15, -0.1) is 0 Å². The molecule has 0 bridgehead atoms. The van der Waals surface area contributed by atoms with Gasteiger partial charge in [-0.3, -0.25) is 0 Å². The number of hydrogen-bond donors (Lipinski definition) is 0. The second kappa shape index (κ2) is 5.96. The molecule has 3 nitrogen and oxygen atoms in total. The second-order valence-corrected chi connectivity index (χ2v) is 5.03. The average Bonchev–Trinajstić information content (AvgIpc) is 2.82. The molecule has 0 spiro atoms. The predicted octanol–water partition coefficient (Wildman–Crippen LogP) is 3.01. The Labute approximate surface area is 106 Å². The van der Waals surface area contributed by atoms with Crippen molar-refractivity contribution in [3.63, 3.8) is 0 Å². The summed E-state index contributed by atoms with van der Waals surface area (Å²) >= 11 is 1.85. The monoisotopic (exact) mass is 251 g/mol. The molecule has 0 saturated heterocycles. The van der Waals surface area contributed by atoms with Crippen molar-refractivity contribution in [1.29, 1.82) is 0 Å². The molecule has 0 aliphatic carbocycles. The molecular weight excluding hydrogens is 234 g/mol. The normalized spacial score (nSPS) is 14.4. The van der Waals surface area contributed by atoms with E-state index in [1.807, 2.05) is 17.8 Å². The summed E-state index contributed by atoms with van der Waals surface area (Å²) in [6.07, 6.45) is 0.970. The van der Waals surface area contributed by atoms with Crippen LogP contribution in [0.1, 0.15) is 17.5 Å². The molecular formula is C13H17NO2S. The Balaban J connectivity index is 1.91. The molecule has 1 aliphatic heterocycles. The first kappa shape index (κ1) is 12.3. The highest BCUT2D eigenvalue weighted by Gasteiger charge is 2.09. The fourth-order valence-electron chi connectivity index (χ4n) is 1.74. The lowest BCUT2D eigenvalue weighted by molar-refractivity contribution is 0.173. The molecule has 0 N–H and O–H groups in total. The summed E-state index contributed by atoms with van der Waals surface area (Å²) in [7, 11) is 1.72. The molecule has 0 amide bonds. The zero-order valence-electron chi connectivity index (χ0n) is 10.2. The first-order valence-electron chi connectivity index (χ1n) is 5.68. The van der Waals surface area contributed by atoms with Crippen molar-refractivity contribution < 1.29 is 9.57 Å². The van der Waals surface area contributed by atoms with Gasteiger partial charge in [0, 0.05) is 23.5 Å². The highest BCUT2D eigenvalue weighted by Crippen LogP contribution is 2.24. The molecule has 17 heavy (non-hydrogen) atoms. The first-order valence-corrected chi connectivity index (χ1v) is 6.84. The van der Waals surface area contributed by atoms with Crippen LogP contribution in [-0.4, -0.2) is 25.2 Å². The molecule has 0 aromatic heterocycles. The van der Waals surface area contributed by atoms with Crippen molar-refractivity contribution in [3.8, 4) is 5.75 Å². The third kappa shape index (κ3) is 3.40. The molecule has 1 aliphatic rings. The molecule has 0 atom stereocenters. The molecule has 0 radical (unpaired) electrons. The highest BCUT2D eigenvalue weighted by atomic mass is 32.2. The summed E-state index contributed by atoms with van der Waals surface area (Å²) in [4.78, 5) is 4.97. The summed E-state index contributed by atoms with van der Waals surface area (Å²) < 4.78 is 5.35. The standard InChI is InChI=1S/C13H17NO2S/c1-10-3-4-13(15-2)11(7-10)8-17-9-12-5-6-16-14-12/h3-4,7H,5-6,8-9H2,1-2H3. The van der Waals surface area contributed by atoms with E-state index in [1.165, 1.54) is 11.1 Å². The lowest BCUT2D eigenvalue weighted by Crippen LogP contribution is -1.99. The van der Waals surface area contributed by atoms with Gasteiger partial charge in [0.25, 0.3) is 0 Å². The molecule has 4 heteroatoms. The number of aryl methyl sites for hydroxylation is 1. The Hall–Kier alpha value is -1.16. The molecule has 0 saturated carbocycles. The Morgan fingerprint density at radius 1 is 1.41 bits per heavy atom. The summed E-state index contributed by atoms with van der Waals surface area (Å²) in [6.45, 7) is 2.84. The van der Waals surface area contributed by atoms with Crippen LogP contribution in [0.3, 0.4) is 0 Å². The van der Waals surface area contributed by atoms with Crippen molar-refractivity contribution >= 4 is 17.5 Å². The number of ether oxygens (including phenoxy) is 1. The maximum absolute atomic E-state index is 5.35. The van der Waals surface area contributed by atoms with Gasteiger partial charge in [0.2, 0.25) is 0 Å². The van der Waals surface area contributed by atoms with Gasteiger partial charge in [-0.2, -0.15) is 11.8 Å². The maximum atomic E-state index is 5.35. The minimum atomic E-state index is 0.740. The minimum absolute atomic E-state index is 0.740. The van der Waals surface area contributed by atoms with E-state index in [4.69, 9.17) is 9.57 Å². The summed E-state index contributed by atoms with van der Waals surface area (Å²) in [5, 5.41) is 3.99.